The molecule has 21 heavy (non-hydrogen) atoms. The molecule has 0 aliphatic rings. The fraction of sp³-hybridized carbons (Fsp3) is 0.188. The fourth-order valence-corrected chi connectivity index (χ4v) is 2.01. The number of hydrogen-bond acceptors (Lipinski definition) is 3. The number of nitrogens with zero attached hydrogens (tertiary/aromatic N) is 1. The molecule has 0 atom stereocenters. The van der Waals surface area contributed by atoms with Gasteiger partial charge in [-0.25, -0.2) is 4.39 Å². The van der Waals surface area contributed by atoms with Gasteiger partial charge in [-0.05, 0) is 29.8 Å². The number of methoxy groups -OCH3 is 1. The van der Waals surface area contributed by atoms with Gasteiger partial charge in [-0.3, -0.25) is 4.79 Å². The molecule has 110 valence electrons. The van der Waals surface area contributed by atoms with Gasteiger partial charge in [0.1, 0.15) is 17.3 Å². The highest BCUT2D eigenvalue weighted by atomic mass is 19.1. The average Bonchev–Trinajstić information content (AvgIpc) is 2.46. The van der Waals surface area contributed by atoms with E-state index in [9.17, 15) is 14.3 Å². The lowest BCUT2D eigenvalue weighted by Gasteiger charge is -2.18. The van der Waals surface area contributed by atoms with E-state index in [1.807, 2.05) is 0 Å². The molecule has 0 unspecified atom stereocenters. The first-order chi connectivity index (χ1) is 10.0. The third-order valence-corrected chi connectivity index (χ3v) is 3.09. The molecule has 0 aliphatic heterocycles. The maximum atomic E-state index is 13.1. The van der Waals surface area contributed by atoms with Crippen molar-refractivity contribution >= 4 is 5.91 Å². The van der Waals surface area contributed by atoms with Crippen molar-refractivity contribution in [3.8, 4) is 11.5 Å². The molecule has 4 nitrogen and oxygen atoms in total. The van der Waals surface area contributed by atoms with Gasteiger partial charge in [0.05, 0.1) is 12.7 Å². The van der Waals surface area contributed by atoms with E-state index < -0.39 is 0 Å². The smallest absolute Gasteiger partial charge is 0.257 e. The maximum Gasteiger partial charge on any atom is 0.257 e. The third kappa shape index (κ3) is 3.51. The Labute approximate surface area is 122 Å². The molecule has 0 bridgehead atoms. The predicted molar refractivity (Wildman–Crippen MR) is 76.9 cm³/mol. The molecule has 2 rings (SSSR count). The molecule has 0 fully saturated rings. The van der Waals surface area contributed by atoms with Crippen molar-refractivity contribution in [2.75, 3.05) is 14.2 Å². The predicted octanol–water partition coefficient (Wildman–Crippen LogP) is 2.81. The van der Waals surface area contributed by atoms with Crippen LogP contribution in [0.15, 0.2) is 42.5 Å². The number of carbonyl (C=O) groups excluding carboxylic acids is 1. The summed E-state index contributed by atoms with van der Waals surface area (Å²) < 4.78 is 18.1. The van der Waals surface area contributed by atoms with Crippen molar-refractivity contribution in [3.05, 3.63) is 59.4 Å². The van der Waals surface area contributed by atoms with Crippen LogP contribution < -0.4 is 4.74 Å². The van der Waals surface area contributed by atoms with E-state index in [2.05, 4.69) is 0 Å². The van der Waals surface area contributed by atoms with Crippen LogP contribution in [0.25, 0.3) is 0 Å². The lowest BCUT2D eigenvalue weighted by molar-refractivity contribution is 0.0782. The van der Waals surface area contributed by atoms with Gasteiger partial charge in [-0.2, -0.15) is 0 Å². The second-order valence-corrected chi connectivity index (χ2v) is 4.67. The molecular weight excluding hydrogens is 273 g/mol. The molecule has 0 saturated heterocycles. The summed E-state index contributed by atoms with van der Waals surface area (Å²) in [4.78, 5) is 13.7. The van der Waals surface area contributed by atoms with Gasteiger partial charge in [0, 0.05) is 19.7 Å². The minimum Gasteiger partial charge on any atom is -0.507 e. The number of phenolic OH excluding ortho intramolecular Hbond substituents is 1. The summed E-state index contributed by atoms with van der Waals surface area (Å²) in [6, 6.07) is 10.5. The van der Waals surface area contributed by atoms with Crippen LogP contribution >= 0.6 is 0 Å². The van der Waals surface area contributed by atoms with Crippen LogP contribution in [0.3, 0.4) is 0 Å². The Kier molecular flexibility index (Phi) is 4.42. The van der Waals surface area contributed by atoms with Crippen molar-refractivity contribution in [1.29, 1.82) is 0 Å². The maximum absolute atomic E-state index is 13.1. The van der Waals surface area contributed by atoms with E-state index in [4.69, 9.17) is 4.74 Å². The summed E-state index contributed by atoms with van der Waals surface area (Å²) in [5, 5.41) is 9.86. The first-order valence-electron chi connectivity index (χ1n) is 6.38. The Morgan fingerprint density at radius 1 is 1.29 bits per heavy atom. The second kappa shape index (κ2) is 6.26. The summed E-state index contributed by atoms with van der Waals surface area (Å²) in [6.07, 6.45) is 0. The molecule has 0 heterocycles. The molecule has 5 heteroatoms. The molecule has 0 saturated carbocycles. The van der Waals surface area contributed by atoms with Crippen LogP contribution in [-0.2, 0) is 6.54 Å². The highest BCUT2D eigenvalue weighted by Gasteiger charge is 2.16. The SMILES string of the molecule is COc1ccc(C(=O)N(C)Cc2cccc(F)c2)c(O)c1. The Bertz CT molecular complexity index is 658. The monoisotopic (exact) mass is 289 g/mol. The van der Waals surface area contributed by atoms with E-state index in [-0.39, 0.29) is 29.6 Å². The topological polar surface area (TPSA) is 49.8 Å². The molecule has 0 aliphatic carbocycles. The van der Waals surface area contributed by atoms with Gasteiger partial charge >= 0.3 is 0 Å². The zero-order valence-electron chi connectivity index (χ0n) is 11.8. The highest BCUT2D eigenvalue weighted by molar-refractivity contribution is 5.96. The summed E-state index contributed by atoms with van der Waals surface area (Å²) in [6.45, 7) is 0.252. The number of benzene rings is 2. The van der Waals surface area contributed by atoms with Crippen molar-refractivity contribution in [2.24, 2.45) is 0 Å². The summed E-state index contributed by atoms with van der Waals surface area (Å²) in [5.74, 6) is -0.373. The lowest BCUT2D eigenvalue weighted by atomic mass is 10.1. The molecule has 0 radical (unpaired) electrons. The van der Waals surface area contributed by atoms with Crippen LogP contribution in [0.2, 0.25) is 0 Å². The van der Waals surface area contributed by atoms with E-state index >= 15 is 0 Å². The summed E-state index contributed by atoms with van der Waals surface area (Å²) >= 11 is 0. The average molecular weight is 289 g/mol. The standard InChI is InChI=1S/C16H16FNO3/c1-18(10-11-4-3-5-12(17)8-11)16(20)14-7-6-13(21-2)9-15(14)19/h3-9,19H,10H2,1-2H3. The zero-order chi connectivity index (χ0) is 15.4. The van der Waals surface area contributed by atoms with Gasteiger partial charge in [0.2, 0.25) is 0 Å². The van der Waals surface area contributed by atoms with Gasteiger partial charge in [-0.1, -0.05) is 12.1 Å². The van der Waals surface area contributed by atoms with Crippen LogP contribution in [0.5, 0.6) is 11.5 Å². The summed E-state index contributed by atoms with van der Waals surface area (Å²) in [7, 11) is 3.07. The molecule has 2 aromatic rings. The van der Waals surface area contributed by atoms with Gasteiger partial charge in [-0.15, -0.1) is 0 Å². The van der Waals surface area contributed by atoms with E-state index in [1.54, 1.807) is 25.2 Å². The Morgan fingerprint density at radius 3 is 2.67 bits per heavy atom. The second-order valence-electron chi connectivity index (χ2n) is 4.67. The molecule has 1 N–H and O–H groups in total. The Hall–Kier alpha value is -2.56. The quantitative estimate of drug-likeness (QED) is 0.941. The van der Waals surface area contributed by atoms with Crippen molar-refractivity contribution < 1.29 is 19.0 Å². The van der Waals surface area contributed by atoms with Crippen LogP contribution in [0, 0.1) is 5.82 Å². The first kappa shape index (κ1) is 14.8. The number of phenols is 1. The number of aromatic hydroxyl groups is 1. The van der Waals surface area contributed by atoms with Crippen molar-refractivity contribution in [1.82, 2.24) is 4.90 Å². The van der Waals surface area contributed by atoms with Crippen LogP contribution in [0.4, 0.5) is 4.39 Å². The van der Waals surface area contributed by atoms with E-state index in [0.717, 1.165) is 0 Å². The largest absolute Gasteiger partial charge is 0.507 e. The van der Waals surface area contributed by atoms with E-state index in [1.165, 1.54) is 36.3 Å². The Balaban J connectivity index is 2.15. The van der Waals surface area contributed by atoms with Gasteiger partial charge in [0.25, 0.3) is 5.91 Å². The molecule has 1 amide bonds. The number of ether oxygens (including phenoxy) is 1. The highest BCUT2D eigenvalue weighted by Crippen LogP contribution is 2.24. The fourth-order valence-electron chi connectivity index (χ4n) is 2.01. The molecular formula is C16H16FNO3. The van der Waals surface area contributed by atoms with Crippen LogP contribution in [0.1, 0.15) is 15.9 Å². The van der Waals surface area contributed by atoms with Gasteiger partial charge < -0.3 is 14.7 Å². The van der Waals surface area contributed by atoms with Crippen molar-refractivity contribution in [3.63, 3.8) is 0 Å². The minimum atomic E-state index is -0.348. The zero-order valence-corrected chi connectivity index (χ0v) is 11.8. The number of rotatable bonds is 4. The van der Waals surface area contributed by atoms with Gasteiger partial charge in [0.15, 0.2) is 0 Å². The number of hydrogen-bond donors (Lipinski definition) is 1. The molecule has 0 spiro atoms. The Morgan fingerprint density at radius 2 is 2.05 bits per heavy atom. The minimum absolute atomic E-state index is 0.148. The first-order valence-corrected chi connectivity index (χ1v) is 6.38. The number of carbonyl (C=O) groups is 1. The van der Waals surface area contributed by atoms with Crippen LogP contribution in [-0.4, -0.2) is 30.1 Å². The molecule has 0 aromatic heterocycles. The number of halogens is 1. The third-order valence-electron chi connectivity index (χ3n) is 3.09. The normalized spacial score (nSPS) is 10.2. The van der Waals surface area contributed by atoms with E-state index in [0.29, 0.717) is 11.3 Å². The number of amides is 1. The molecule has 2 aromatic carbocycles. The summed E-state index contributed by atoms with van der Waals surface area (Å²) in [5.41, 5.74) is 0.855. The van der Waals surface area contributed by atoms with Crippen molar-refractivity contribution in [2.45, 2.75) is 6.54 Å². The lowest BCUT2D eigenvalue weighted by Crippen LogP contribution is -2.26.